The molecule has 0 amide bonds. The summed E-state index contributed by atoms with van der Waals surface area (Å²) in [6.07, 6.45) is 4.07. The van der Waals surface area contributed by atoms with E-state index in [2.05, 4.69) is 0 Å². The Balaban J connectivity index is 2.35. The third kappa shape index (κ3) is 3.96. The zero-order valence-corrected chi connectivity index (χ0v) is 11.2. The fourth-order valence-electron chi connectivity index (χ4n) is 2.23. The molecule has 0 bridgehead atoms. The number of esters is 1. The van der Waals surface area contributed by atoms with Gasteiger partial charge in [0.25, 0.3) is 0 Å². The normalized spacial score (nSPS) is 29.4. The zero-order valence-electron chi connectivity index (χ0n) is 11.2. The van der Waals surface area contributed by atoms with E-state index in [0.717, 1.165) is 25.7 Å². The lowest BCUT2D eigenvalue weighted by Crippen LogP contribution is -2.55. The summed E-state index contributed by atoms with van der Waals surface area (Å²) >= 11 is 0. The summed E-state index contributed by atoms with van der Waals surface area (Å²) in [4.78, 5) is 12.0. The van der Waals surface area contributed by atoms with Gasteiger partial charge in [0, 0.05) is 0 Å². The number of carbonyl (C=O) groups excluding carboxylic acids is 1. The van der Waals surface area contributed by atoms with E-state index < -0.39 is 5.54 Å². The van der Waals surface area contributed by atoms with E-state index in [1.165, 1.54) is 0 Å². The molecule has 17 heavy (non-hydrogen) atoms. The summed E-state index contributed by atoms with van der Waals surface area (Å²) in [6, 6.07) is 0. The van der Waals surface area contributed by atoms with E-state index in [9.17, 15) is 4.79 Å². The summed E-state index contributed by atoms with van der Waals surface area (Å²) in [5.74, 6) is -0.0631. The quantitative estimate of drug-likeness (QED) is 0.591. The Morgan fingerprint density at radius 3 is 2.71 bits per heavy atom. The van der Waals surface area contributed by atoms with Gasteiger partial charge >= 0.3 is 5.97 Å². The standard InChI is InChI=1S/C13H25NO3/c1-10(2)16-8-9-17-12(15)13(14)7-5-4-6-11(13)3/h10-11H,4-9,14H2,1-3H3. The van der Waals surface area contributed by atoms with Crippen LogP contribution in [0.2, 0.25) is 0 Å². The van der Waals surface area contributed by atoms with Crippen molar-refractivity contribution >= 4 is 5.97 Å². The van der Waals surface area contributed by atoms with Crippen LogP contribution in [-0.2, 0) is 14.3 Å². The van der Waals surface area contributed by atoms with Crippen molar-refractivity contribution in [2.24, 2.45) is 11.7 Å². The molecule has 0 spiro atoms. The summed E-state index contributed by atoms with van der Waals surface area (Å²) < 4.78 is 10.5. The molecule has 2 N–H and O–H groups in total. The van der Waals surface area contributed by atoms with Crippen LogP contribution in [0.3, 0.4) is 0 Å². The van der Waals surface area contributed by atoms with Crippen LogP contribution in [0, 0.1) is 5.92 Å². The molecular weight excluding hydrogens is 218 g/mol. The fourth-order valence-corrected chi connectivity index (χ4v) is 2.23. The fraction of sp³-hybridized carbons (Fsp3) is 0.923. The molecule has 2 unspecified atom stereocenters. The first-order valence-electron chi connectivity index (χ1n) is 6.54. The SMILES string of the molecule is CC(C)OCCOC(=O)C1(N)CCCCC1C. The minimum absolute atomic E-state index is 0.161. The van der Waals surface area contributed by atoms with Gasteiger partial charge in [-0.2, -0.15) is 0 Å². The van der Waals surface area contributed by atoms with Crippen LogP contribution in [0.4, 0.5) is 0 Å². The minimum Gasteiger partial charge on any atom is -0.462 e. The van der Waals surface area contributed by atoms with Crippen molar-refractivity contribution in [3.8, 4) is 0 Å². The molecule has 0 radical (unpaired) electrons. The molecule has 2 atom stereocenters. The molecule has 100 valence electrons. The second kappa shape index (κ2) is 6.36. The summed E-state index contributed by atoms with van der Waals surface area (Å²) in [5.41, 5.74) is 5.39. The number of nitrogens with two attached hydrogens (primary N) is 1. The van der Waals surface area contributed by atoms with Gasteiger partial charge in [-0.25, -0.2) is 0 Å². The van der Waals surface area contributed by atoms with E-state index in [1.807, 2.05) is 20.8 Å². The zero-order chi connectivity index (χ0) is 12.9. The maximum Gasteiger partial charge on any atom is 0.326 e. The topological polar surface area (TPSA) is 61.5 Å². The summed E-state index contributed by atoms with van der Waals surface area (Å²) in [6.45, 7) is 6.67. The van der Waals surface area contributed by atoms with E-state index >= 15 is 0 Å². The lowest BCUT2D eigenvalue weighted by Gasteiger charge is -2.36. The first-order chi connectivity index (χ1) is 7.97. The largest absolute Gasteiger partial charge is 0.462 e. The number of hydrogen-bond acceptors (Lipinski definition) is 4. The molecule has 0 aromatic heterocycles. The third-order valence-corrected chi connectivity index (χ3v) is 3.50. The molecule has 0 aromatic carbocycles. The Bertz CT molecular complexity index is 255. The van der Waals surface area contributed by atoms with Crippen LogP contribution in [0.15, 0.2) is 0 Å². The first-order valence-corrected chi connectivity index (χ1v) is 6.54. The van der Waals surface area contributed by atoms with Crippen molar-refractivity contribution in [3.63, 3.8) is 0 Å². The van der Waals surface area contributed by atoms with E-state index in [0.29, 0.717) is 13.2 Å². The van der Waals surface area contributed by atoms with Gasteiger partial charge < -0.3 is 15.2 Å². The highest BCUT2D eigenvalue weighted by Crippen LogP contribution is 2.32. The molecule has 0 aromatic rings. The molecule has 4 nitrogen and oxygen atoms in total. The lowest BCUT2D eigenvalue weighted by molar-refractivity contribution is -0.155. The first kappa shape index (κ1) is 14.5. The molecule has 1 aliphatic rings. The predicted molar refractivity (Wildman–Crippen MR) is 66.6 cm³/mol. The maximum atomic E-state index is 12.0. The van der Waals surface area contributed by atoms with Gasteiger partial charge in [-0.3, -0.25) is 4.79 Å². The van der Waals surface area contributed by atoms with Crippen molar-refractivity contribution < 1.29 is 14.3 Å². The second-order valence-electron chi connectivity index (χ2n) is 5.24. The Morgan fingerprint density at radius 2 is 2.12 bits per heavy atom. The Hall–Kier alpha value is -0.610. The molecule has 1 saturated carbocycles. The Kier molecular flexibility index (Phi) is 5.40. The maximum absolute atomic E-state index is 12.0. The molecule has 1 rings (SSSR count). The van der Waals surface area contributed by atoms with E-state index in [1.54, 1.807) is 0 Å². The van der Waals surface area contributed by atoms with Gasteiger partial charge in [0.15, 0.2) is 0 Å². The van der Waals surface area contributed by atoms with Crippen molar-refractivity contribution in [1.29, 1.82) is 0 Å². The highest BCUT2D eigenvalue weighted by atomic mass is 16.6. The van der Waals surface area contributed by atoms with Gasteiger partial charge in [-0.1, -0.05) is 19.8 Å². The number of rotatable bonds is 5. The van der Waals surface area contributed by atoms with Gasteiger partial charge in [0.1, 0.15) is 12.1 Å². The van der Waals surface area contributed by atoms with E-state index in [4.69, 9.17) is 15.2 Å². The molecule has 4 heteroatoms. The summed E-state index contributed by atoms with van der Waals surface area (Å²) in [7, 11) is 0. The van der Waals surface area contributed by atoms with Crippen LogP contribution in [0.5, 0.6) is 0 Å². The van der Waals surface area contributed by atoms with Gasteiger partial charge in [-0.05, 0) is 32.6 Å². The highest BCUT2D eigenvalue weighted by molar-refractivity contribution is 5.81. The highest BCUT2D eigenvalue weighted by Gasteiger charge is 2.42. The van der Waals surface area contributed by atoms with Crippen molar-refractivity contribution in [2.75, 3.05) is 13.2 Å². The smallest absolute Gasteiger partial charge is 0.326 e. The molecule has 0 heterocycles. The third-order valence-electron chi connectivity index (χ3n) is 3.50. The van der Waals surface area contributed by atoms with Crippen LogP contribution in [0.25, 0.3) is 0 Å². The predicted octanol–water partition coefficient (Wildman–Crippen LogP) is 1.86. The van der Waals surface area contributed by atoms with Gasteiger partial charge in [0.05, 0.1) is 12.7 Å². The van der Waals surface area contributed by atoms with Crippen LogP contribution in [-0.4, -0.2) is 30.8 Å². The number of ether oxygens (including phenoxy) is 2. The molecule has 1 fully saturated rings. The minimum atomic E-state index is -0.782. The van der Waals surface area contributed by atoms with Crippen molar-refractivity contribution in [3.05, 3.63) is 0 Å². The Morgan fingerprint density at radius 1 is 1.41 bits per heavy atom. The van der Waals surface area contributed by atoms with E-state index in [-0.39, 0.29) is 18.0 Å². The molecule has 1 aliphatic carbocycles. The van der Waals surface area contributed by atoms with Crippen LogP contribution < -0.4 is 5.73 Å². The van der Waals surface area contributed by atoms with Crippen molar-refractivity contribution in [1.82, 2.24) is 0 Å². The average molecular weight is 243 g/mol. The molecular formula is C13H25NO3. The van der Waals surface area contributed by atoms with Crippen LogP contribution >= 0.6 is 0 Å². The lowest BCUT2D eigenvalue weighted by atomic mass is 9.74. The second-order valence-corrected chi connectivity index (χ2v) is 5.24. The summed E-state index contributed by atoms with van der Waals surface area (Å²) in [5, 5.41) is 0. The Labute approximate surface area is 104 Å². The monoisotopic (exact) mass is 243 g/mol. The number of hydrogen-bond donors (Lipinski definition) is 1. The van der Waals surface area contributed by atoms with Crippen LogP contribution in [0.1, 0.15) is 46.5 Å². The number of carbonyl (C=O) groups is 1. The van der Waals surface area contributed by atoms with Crippen molar-refractivity contribution in [2.45, 2.75) is 58.1 Å². The van der Waals surface area contributed by atoms with Gasteiger partial charge in [0.2, 0.25) is 0 Å². The molecule has 0 saturated heterocycles. The van der Waals surface area contributed by atoms with Gasteiger partial charge in [-0.15, -0.1) is 0 Å². The average Bonchev–Trinajstić information content (AvgIpc) is 2.28. The molecule has 0 aliphatic heterocycles.